The zero-order chi connectivity index (χ0) is 14.2. The molecule has 2 heterocycles. The first-order valence-electron chi connectivity index (χ1n) is 7.01. The van der Waals surface area contributed by atoms with Gasteiger partial charge >= 0.3 is 0 Å². The van der Waals surface area contributed by atoms with Crippen LogP contribution in [0.5, 0.6) is 0 Å². The first-order chi connectivity index (χ1) is 9.61. The number of nitrogens with zero attached hydrogens (tertiary/aromatic N) is 2. The van der Waals surface area contributed by atoms with E-state index < -0.39 is 0 Å². The van der Waals surface area contributed by atoms with Gasteiger partial charge < -0.3 is 14.5 Å². The molecule has 116 valence electrons. The number of hydrogen-bond donors (Lipinski definition) is 0. The van der Waals surface area contributed by atoms with Gasteiger partial charge in [0.05, 0.1) is 6.61 Å². The molecule has 3 rings (SSSR count). The van der Waals surface area contributed by atoms with Crippen LogP contribution < -0.4 is 0 Å². The average molecular weight is 376 g/mol. The van der Waals surface area contributed by atoms with E-state index in [1.54, 1.807) is 0 Å². The van der Waals surface area contributed by atoms with Gasteiger partial charge in [-0.15, -0.1) is 12.4 Å². The Morgan fingerprint density at radius 3 is 2.43 bits per heavy atom. The minimum absolute atomic E-state index is 0. The van der Waals surface area contributed by atoms with Crippen LogP contribution in [0, 0.1) is 0 Å². The number of piperidine rings is 1. The number of carbonyl (C=O) groups is 1. The molecule has 6 heteroatoms. The highest BCUT2D eigenvalue weighted by molar-refractivity contribution is 9.10. The van der Waals surface area contributed by atoms with Gasteiger partial charge in [-0.05, 0) is 31.3 Å². The topological polar surface area (TPSA) is 32.8 Å². The lowest BCUT2D eigenvalue weighted by Gasteiger charge is -2.42. The zero-order valence-electron chi connectivity index (χ0n) is 12.0. The van der Waals surface area contributed by atoms with Gasteiger partial charge in [-0.2, -0.15) is 0 Å². The minimum Gasteiger partial charge on any atom is -0.354 e. The van der Waals surface area contributed by atoms with E-state index in [1.807, 2.05) is 29.2 Å². The molecule has 2 aliphatic rings. The van der Waals surface area contributed by atoms with E-state index in [-0.39, 0.29) is 24.0 Å². The van der Waals surface area contributed by atoms with E-state index >= 15 is 0 Å². The van der Waals surface area contributed by atoms with Crippen LogP contribution in [-0.4, -0.2) is 54.7 Å². The number of likely N-dealkylation sites (tertiary alicyclic amines) is 1. The summed E-state index contributed by atoms with van der Waals surface area (Å²) in [5.74, 6) is 0.0829. The van der Waals surface area contributed by atoms with Crippen LogP contribution in [0.1, 0.15) is 23.2 Å². The lowest BCUT2D eigenvalue weighted by molar-refractivity contribution is -0.102. The Morgan fingerprint density at radius 2 is 1.81 bits per heavy atom. The summed E-state index contributed by atoms with van der Waals surface area (Å²) in [6, 6.07) is 7.55. The fraction of sp³-hybridized carbons (Fsp3) is 0.533. The molecule has 4 nitrogen and oxygen atoms in total. The Hall–Kier alpha value is -0.620. The van der Waals surface area contributed by atoms with Crippen molar-refractivity contribution in [1.82, 2.24) is 9.80 Å². The molecule has 1 spiro atoms. The fourth-order valence-electron chi connectivity index (χ4n) is 3.03. The summed E-state index contributed by atoms with van der Waals surface area (Å²) in [7, 11) is 2.11. The molecule has 0 aromatic heterocycles. The predicted octanol–water partition coefficient (Wildman–Crippen LogP) is 2.77. The van der Waals surface area contributed by atoms with Gasteiger partial charge in [0.25, 0.3) is 5.91 Å². The van der Waals surface area contributed by atoms with Crippen molar-refractivity contribution in [2.45, 2.75) is 18.6 Å². The molecule has 0 aliphatic carbocycles. The summed E-state index contributed by atoms with van der Waals surface area (Å²) in [4.78, 5) is 17.0. The molecule has 0 saturated carbocycles. The van der Waals surface area contributed by atoms with Crippen LogP contribution in [-0.2, 0) is 4.74 Å². The van der Waals surface area contributed by atoms with E-state index in [0.717, 1.165) is 36.0 Å². The number of hydrogen-bond acceptors (Lipinski definition) is 3. The van der Waals surface area contributed by atoms with Crippen LogP contribution in [0.15, 0.2) is 28.7 Å². The number of rotatable bonds is 1. The third-order valence-corrected chi connectivity index (χ3v) is 4.81. The van der Waals surface area contributed by atoms with Gasteiger partial charge in [-0.3, -0.25) is 4.79 Å². The Balaban J connectivity index is 0.00000161. The Labute approximate surface area is 140 Å². The molecule has 0 unspecified atom stereocenters. The van der Waals surface area contributed by atoms with E-state index in [4.69, 9.17) is 4.74 Å². The number of halogens is 2. The maximum Gasteiger partial charge on any atom is 0.256 e. The van der Waals surface area contributed by atoms with Crippen molar-refractivity contribution in [3.05, 3.63) is 34.3 Å². The van der Waals surface area contributed by atoms with E-state index in [0.29, 0.717) is 13.2 Å². The first-order valence-corrected chi connectivity index (χ1v) is 7.80. The van der Waals surface area contributed by atoms with Crippen LogP contribution in [0.4, 0.5) is 0 Å². The van der Waals surface area contributed by atoms with Crippen LogP contribution in [0.3, 0.4) is 0 Å². The van der Waals surface area contributed by atoms with Crippen LogP contribution >= 0.6 is 28.3 Å². The SMILES string of the molecule is CN1CCC2(CC1)OCCN2C(=O)c1ccc(Br)cc1.Cl. The van der Waals surface area contributed by atoms with Gasteiger partial charge in [0.2, 0.25) is 0 Å². The van der Waals surface area contributed by atoms with Gasteiger partial charge in [0, 0.05) is 42.5 Å². The maximum atomic E-state index is 12.7. The van der Waals surface area contributed by atoms with Crippen molar-refractivity contribution < 1.29 is 9.53 Å². The monoisotopic (exact) mass is 374 g/mol. The van der Waals surface area contributed by atoms with Gasteiger partial charge in [-0.25, -0.2) is 0 Å². The lowest BCUT2D eigenvalue weighted by atomic mass is 9.98. The van der Waals surface area contributed by atoms with E-state index in [2.05, 4.69) is 27.9 Å². The second kappa shape index (κ2) is 6.65. The Kier molecular flexibility index (Phi) is 5.30. The normalized spacial score (nSPS) is 21.3. The van der Waals surface area contributed by atoms with Crippen molar-refractivity contribution in [1.29, 1.82) is 0 Å². The predicted molar refractivity (Wildman–Crippen MR) is 87.8 cm³/mol. The highest BCUT2D eigenvalue weighted by Gasteiger charge is 2.46. The molecular weight excluding hydrogens is 356 g/mol. The molecular formula is C15H20BrClN2O2. The summed E-state index contributed by atoms with van der Waals surface area (Å²) in [6.07, 6.45) is 1.79. The fourth-order valence-corrected chi connectivity index (χ4v) is 3.29. The molecule has 0 radical (unpaired) electrons. The van der Waals surface area contributed by atoms with E-state index in [9.17, 15) is 4.79 Å². The maximum absolute atomic E-state index is 12.7. The summed E-state index contributed by atoms with van der Waals surface area (Å²) in [6.45, 7) is 3.29. The summed E-state index contributed by atoms with van der Waals surface area (Å²) in [5.41, 5.74) is 0.355. The second-order valence-corrected chi connectivity index (χ2v) is 6.48. The lowest BCUT2D eigenvalue weighted by Crippen LogP contribution is -2.54. The van der Waals surface area contributed by atoms with Crippen molar-refractivity contribution in [3.8, 4) is 0 Å². The standard InChI is InChI=1S/C15H19BrN2O2.ClH/c1-17-8-6-15(7-9-17)18(10-11-20-15)14(19)12-2-4-13(16)5-3-12;/h2-5H,6-11H2,1H3;1H. The Morgan fingerprint density at radius 1 is 1.19 bits per heavy atom. The van der Waals surface area contributed by atoms with Gasteiger partial charge in [0.15, 0.2) is 0 Å². The summed E-state index contributed by atoms with van der Waals surface area (Å²) < 4.78 is 6.96. The van der Waals surface area contributed by atoms with E-state index in [1.165, 1.54) is 0 Å². The number of benzene rings is 1. The van der Waals surface area contributed by atoms with Crippen molar-refractivity contribution in [3.63, 3.8) is 0 Å². The molecule has 0 N–H and O–H groups in total. The molecule has 1 aromatic carbocycles. The third kappa shape index (κ3) is 3.26. The minimum atomic E-state index is -0.378. The molecule has 1 amide bonds. The van der Waals surface area contributed by atoms with Gasteiger partial charge in [-0.1, -0.05) is 15.9 Å². The number of amides is 1. The second-order valence-electron chi connectivity index (χ2n) is 5.56. The highest BCUT2D eigenvalue weighted by atomic mass is 79.9. The van der Waals surface area contributed by atoms with Crippen LogP contribution in [0.2, 0.25) is 0 Å². The smallest absolute Gasteiger partial charge is 0.256 e. The van der Waals surface area contributed by atoms with Crippen molar-refractivity contribution in [2.75, 3.05) is 33.3 Å². The Bertz CT molecular complexity index is 501. The largest absolute Gasteiger partial charge is 0.354 e. The molecule has 0 bridgehead atoms. The summed E-state index contributed by atoms with van der Waals surface area (Å²) >= 11 is 3.40. The highest BCUT2D eigenvalue weighted by Crippen LogP contribution is 2.35. The molecule has 2 aliphatic heterocycles. The first kappa shape index (κ1) is 16.7. The number of carbonyl (C=O) groups excluding carboxylic acids is 1. The zero-order valence-corrected chi connectivity index (χ0v) is 14.5. The third-order valence-electron chi connectivity index (χ3n) is 4.28. The molecule has 1 aromatic rings. The molecule has 2 saturated heterocycles. The number of ether oxygens (including phenoxy) is 1. The quantitative estimate of drug-likeness (QED) is 0.757. The van der Waals surface area contributed by atoms with Crippen LogP contribution in [0.25, 0.3) is 0 Å². The average Bonchev–Trinajstić information content (AvgIpc) is 2.86. The molecule has 2 fully saturated rings. The van der Waals surface area contributed by atoms with Crippen molar-refractivity contribution >= 4 is 34.2 Å². The van der Waals surface area contributed by atoms with Crippen molar-refractivity contribution in [2.24, 2.45) is 0 Å². The molecule has 21 heavy (non-hydrogen) atoms. The summed E-state index contributed by atoms with van der Waals surface area (Å²) in [5, 5.41) is 0. The van der Waals surface area contributed by atoms with Gasteiger partial charge in [0.1, 0.15) is 5.72 Å². The molecule has 0 atom stereocenters.